The lowest BCUT2D eigenvalue weighted by molar-refractivity contribution is -0.139. The summed E-state index contributed by atoms with van der Waals surface area (Å²) in [6.45, 7) is 9.19. The van der Waals surface area contributed by atoms with Crippen LogP contribution in [0.4, 0.5) is 13.2 Å². The van der Waals surface area contributed by atoms with Gasteiger partial charge in [0.25, 0.3) is 5.91 Å². The Balaban J connectivity index is 2.14. The summed E-state index contributed by atoms with van der Waals surface area (Å²) in [5.74, 6) is -1.68. The van der Waals surface area contributed by atoms with E-state index in [1.807, 2.05) is 32.5 Å². The van der Waals surface area contributed by atoms with Crippen LogP contribution in [0.3, 0.4) is 0 Å². The van der Waals surface area contributed by atoms with Gasteiger partial charge in [-0.3, -0.25) is 14.2 Å². The fourth-order valence-corrected chi connectivity index (χ4v) is 4.44. The van der Waals surface area contributed by atoms with Gasteiger partial charge in [0.15, 0.2) is 15.3 Å². The number of aromatic nitrogens is 2. The van der Waals surface area contributed by atoms with Crippen LogP contribution in [-0.2, 0) is 39.8 Å². The van der Waals surface area contributed by atoms with Crippen molar-refractivity contribution in [2.24, 2.45) is 12.0 Å². The van der Waals surface area contributed by atoms with Crippen LogP contribution in [0.2, 0.25) is 0 Å². The second kappa shape index (κ2) is 10.5. The summed E-state index contributed by atoms with van der Waals surface area (Å²) in [7, 11) is -1.83. The van der Waals surface area contributed by atoms with Crippen molar-refractivity contribution in [2.75, 3.05) is 19.5 Å². The molecule has 0 saturated carbocycles. The molecule has 0 N–H and O–H groups in total. The van der Waals surface area contributed by atoms with Crippen LogP contribution >= 0.6 is 0 Å². The molecule has 0 radical (unpaired) electrons. The van der Waals surface area contributed by atoms with Gasteiger partial charge < -0.3 is 9.47 Å². The third-order valence-electron chi connectivity index (χ3n) is 6.74. The van der Waals surface area contributed by atoms with Crippen molar-refractivity contribution >= 4 is 15.7 Å². The lowest BCUT2D eigenvalue weighted by Crippen LogP contribution is -2.37. The van der Waals surface area contributed by atoms with Gasteiger partial charge in [0.05, 0.1) is 23.8 Å². The Labute approximate surface area is 221 Å². The first kappa shape index (κ1) is 29.9. The molecule has 0 unspecified atom stereocenters. The number of benzene rings is 1. The molecule has 1 fully saturated rings. The van der Waals surface area contributed by atoms with E-state index in [1.165, 1.54) is 19.9 Å². The van der Waals surface area contributed by atoms with E-state index >= 15 is 0 Å². The topological polar surface area (TPSA) is 91.9 Å². The van der Waals surface area contributed by atoms with Gasteiger partial charge >= 0.3 is 6.18 Å². The minimum Gasteiger partial charge on any atom is -0.490 e. The quantitative estimate of drug-likeness (QED) is 0.506. The predicted octanol–water partition coefficient (Wildman–Crippen LogP) is 4.27. The van der Waals surface area contributed by atoms with Crippen LogP contribution < -0.4 is 10.2 Å². The summed E-state index contributed by atoms with van der Waals surface area (Å²) in [6.07, 6.45) is -2.17. The number of sulfone groups is 1. The van der Waals surface area contributed by atoms with Crippen molar-refractivity contribution in [1.29, 1.82) is 0 Å². The van der Waals surface area contributed by atoms with Gasteiger partial charge in [0.1, 0.15) is 17.1 Å². The molecule has 3 rings (SSSR count). The summed E-state index contributed by atoms with van der Waals surface area (Å²) >= 11 is 0. The van der Waals surface area contributed by atoms with Gasteiger partial charge in [-0.25, -0.2) is 8.42 Å². The fourth-order valence-electron chi connectivity index (χ4n) is 4.16. The number of hydrogen-bond acceptors (Lipinski definition) is 5. The molecule has 1 aromatic carbocycles. The molecule has 2 aromatic rings. The Morgan fingerprint density at radius 1 is 1.18 bits per heavy atom. The molecule has 1 amide bonds. The maximum absolute atomic E-state index is 13.9. The standard InChI is InChI=1S/C26H36F3N3O5S/c1-24(2,3)20-14-21(32(31(20)6)15-17-10-9-13-36-17)30-23(33)18-11-8-12-19(26(27,28)29)22(18)37-16-25(4,5)38(7,34)35/h8,11-12,14,17H,9-10,13,15-16H2,1-7H3/b30-21+/t17-/m1/s1. The van der Waals surface area contributed by atoms with Crippen molar-refractivity contribution < 1.29 is 35.9 Å². The average Bonchev–Trinajstić information content (AvgIpc) is 3.39. The highest BCUT2D eigenvalue weighted by Crippen LogP contribution is 2.39. The average molecular weight is 560 g/mol. The van der Waals surface area contributed by atoms with E-state index in [2.05, 4.69) is 4.99 Å². The number of amides is 1. The minimum absolute atomic E-state index is 0.0730. The van der Waals surface area contributed by atoms with Gasteiger partial charge in [-0.2, -0.15) is 18.2 Å². The van der Waals surface area contributed by atoms with Gasteiger partial charge in [-0.05, 0) is 38.8 Å². The van der Waals surface area contributed by atoms with E-state index in [0.717, 1.165) is 36.9 Å². The van der Waals surface area contributed by atoms with Crippen LogP contribution in [0.1, 0.15) is 69.1 Å². The Kier molecular flexibility index (Phi) is 8.29. The van der Waals surface area contributed by atoms with Crippen LogP contribution in [0.25, 0.3) is 0 Å². The molecular formula is C26H36F3N3O5S. The molecule has 2 heterocycles. The summed E-state index contributed by atoms with van der Waals surface area (Å²) in [4.78, 5) is 17.6. The zero-order valence-corrected chi connectivity index (χ0v) is 23.7. The van der Waals surface area contributed by atoms with Crippen molar-refractivity contribution in [3.05, 3.63) is 46.6 Å². The molecule has 38 heavy (non-hydrogen) atoms. The van der Waals surface area contributed by atoms with Crippen LogP contribution in [-0.4, -0.2) is 54.0 Å². The monoisotopic (exact) mass is 559 g/mol. The Morgan fingerprint density at radius 2 is 1.84 bits per heavy atom. The van der Waals surface area contributed by atoms with Crippen molar-refractivity contribution in [2.45, 2.75) is 76.4 Å². The highest BCUT2D eigenvalue weighted by molar-refractivity contribution is 7.92. The lowest BCUT2D eigenvalue weighted by atomic mass is 9.92. The second-order valence-electron chi connectivity index (χ2n) is 11.3. The maximum Gasteiger partial charge on any atom is 0.419 e. The number of hydrogen-bond donors (Lipinski definition) is 0. The number of carbonyl (C=O) groups excluding carboxylic acids is 1. The molecule has 0 bridgehead atoms. The Bertz CT molecular complexity index is 1360. The summed E-state index contributed by atoms with van der Waals surface area (Å²) < 4.78 is 79.3. The molecule has 1 aromatic heterocycles. The number of ether oxygens (including phenoxy) is 2. The molecule has 8 nitrogen and oxygen atoms in total. The fraction of sp³-hybridized carbons (Fsp3) is 0.615. The van der Waals surface area contributed by atoms with Gasteiger partial charge in [-0.15, -0.1) is 0 Å². The largest absolute Gasteiger partial charge is 0.490 e. The summed E-state index contributed by atoms with van der Waals surface area (Å²) in [6, 6.07) is 4.83. The number of rotatable bonds is 7. The van der Waals surface area contributed by atoms with E-state index in [0.29, 0.717) is 13.2 Å². The van der Waals surface area contributed by atoms with Gasteiger partial charge in [0.2, 0.25) is 0 Å². The molecule has 1 aliphatic rings. The Hall–Kier alpha value is -2.60. The first-order valence-electron chi connectivity index (χ1n) is 12.3. The molecule has 1 saturated heterocycles. The SMILES string of the molecule is Cn1c(C(C)(C)C)c/c(=N\C(=O)c2cccc(C(F)(F)F)c2OCC(C)(C)S(C)(=O)=O)n1C[C@H]1CCCO1. The van der Waals surface area contributed by atoms with Crippen molar-refractivity contribution in [3.8, 4) is 5.75 Å². The highest BCUT2D eigenvalue weighted by Gasteiger charge is 2.38. The minimum atomic E-state index is -4.84. The normalized spacial score (nSPS) is 17.7. The van der Waals surface area contributed by atoms with E-state index < -0.39 is 50.2 Å². The Morgan fingerprint density at radius 3 is 2.37 bits per heavy atom. The number of para-hydroxylation sites is 1. The lowest BCUT2D eigenvalue weighted by Gasteiger charge is -2.24. The van der Waals surface area contributed by atoms with E-state index in [1.54, 1.807) is 10.7 Å². The third-order valence-corrected chi connectivity index (χ3v) is 8.87. The second-order valence-corrected chi connectivity index (χ2v) is 13.9. The van der Waals surface area contributed by atoms with Crippen LogP contribution in [0.5, 0.6) is 5.75 Å². The number of alkyl halides is 3. The summed E-state index contributed by atoms with van der Waals surface area (Å²) in [5.41, 5.74) is -0.742. The molecule has 1 aliphatic heterocycles. The molecule has 12 heteroatoms. The van der Waals surface area contributed by atoms with E-state index in [9.17, 15) is 26.4 Å². The van der Waals surface area contributed by atoms with Crippen molar-refractivity contribution in [3.63, 3.8) is 0 Å². The predicted molar refractivity (Wildman–Crippen MR) is 137 cm³/mol. The number of nitrogens with zero attached hydrogens (tertiary/aromatic N) is 3. The zero-order chi connectivity index (χ0) is 28.7. The van der Waals surface area contributed by atoms with Crippen molar-refractivity contribution in [1.82, 2.24) is 9.36 Å². The third kappa shape index (κ3) is 6.51. The van der Waals surface area contributed by atoms with Crippen LogP contribution in [0, 0.1) is 0 Å². The molecule has 0 spiro atoms. The van der Waals surface area contributed by atoms with E-state index in [4.69, 9.17) is 9.47 Å². The number of carbonyl (C=O) groups is 1. The maximum atomic E-state index is 13.9. The van der Waals surface area contributed by atoms with E-state index in [-0.39, 0.29) is 17.0 Å². The molecule has 212 valence electrons. The molecular weight excluding hydrogens is 523 g/mol. The molecule has 1 atom stereocenters. The highest BCUT2D eigenvalue weighted by atomic mass is 32.2. The number of halogens is 3. The van der Waals surface area contributed by atoms with Gasteiger partial charge in [0, 0.05) is 37.1 Å². The smallest absolute Gasteiger partial charge is 0.419 e. The first-order valence-corrected chi connectivity index (χ1v) is 14.2. The van der Waals surface area contributed by atoms with Crippen LogP contribution in [0.15, 0.2) is 29.3 Å². The zero-order valence-electron chi connectivity index (χ0n) is 22.8. The first-order chi connectivity index (χ1) is 17.3. The van der Waals surface area contributed by atoms with Gasteiger partial charge in [-0.1, -0.05) is 26.8 Å². The summed E-state index contributed by atoms with van der Waals surface area (Å²) in [5, 5.41) is 0. The molecule has 0 aliphatic carbocycles.